The Morgan fingerprint density at radius 2 is 1.18 bits per heavy atom. The zero-order chi connectivity index (χ0) is 14.8. The molecule has 0 aliphatic rings. The number of hydrogen-bond donors (Lipinski definition) is 0. The van der Waals surface area contributed by atoms with Crippen LogP contribution >= 0.6 is 45.3 Å². The Hall–Kier alpha value is -1.34. The van der Waals surface area contributed by atoms with Crippen molar-refractivity contribution in [3.8, 4) is 11.5 Å². The third-order valence-corrected chi connectivity index (χ3v) is 8.30. The summed E-state index contributed by atoms with van der Waals surface area (Å²) in [6.45, 7) is 0. The van der Waals surface area contributed by atoms with Crippen molar-refractivity contribution in [2.75, 3.05) is 14.2 Å². The third-order valence-electron chi connectivity index (χ3n) is 3.87. The van der Waals surface area contributed by atoms with Crippen molar-refractivity contribution >= 4 is 84.3 Å². The molecule has 0 unspecified atom stereocenters. The lowest BCUT2D eigenvalue weighted by Gasteiger charge is -2.09. The summed E-state index contributed by atoms with van der Waals surface area (Å²) in [5, 5.41) is 6.70. The normalized spacial score (nSPS) is 12.1. The quantitative estimate of drug-likeness (QED) is 0.354. The molecule has 5 aromatic rings. The summed E-state index contributed by atoms with van der Waals surface area (Å²) in [5.41, 5.74) is 0. The standard InChI is InChI=1S/C16H10O2S4/c1-17-11-9-13-7(3-5-19-13)21-15(9)12(18-2)16-10(11)14-8(22-16)4-6-20-14/h3-6H,1-2H3. The minimum Gasteiger partial charge on any atom is -0.495 e. The zero-order valence-electron chi connectivity index (χ0n) is 11.8. The number of hydrogen-bond acceptors (Lipinski definition) is 6. The summed E-state index contributed by atoms with van der Waals surface area (Å²) >= 11 is 7.13. The largest absolute Gasteiger partial charge is 0.495 e. The van der Waals surface area contributed by atoms with Crippen LogP contribution < -0.4 is 9.47 Å². The Morgan fingerprint density at radius 1 is 0.682 bits per heavy atom. The van der Waals surface area contributed by atoms with Crippen LogP contribution in [0.2, 0.25) is 0 Å². The summed E-state index contributed by atoms with van der Waals surface area (Å²) in [6, 6.07) is 4.36. The average Bonchev–Trinajstić information content (AvgIpc) is 3.23. The fourth-order valence-electron chi connectivity index (χ4n) is 3.00. The van der Waals surface area contributed by atoms with Crippen molar-refractivity contribution in [2.24, 2.45) is 0 Å². The van der Waals surface area contributed by atoms with Gasteiger partial charge in [0.15, 0.2) is 5.75 Å². The van der Waals surface area contributed by atoms with Crippen molar-refractivity contribution in [1.82, 2.24) is 0 Å². The van der Waals surface area contributed by atoms with E-state index in [-0.39, 0.29) is 0 Å². The molecule has 0 amide bonds. The molecular weight excluding hydrogens is 352 g/mol. The van der Waals surface area contributed by atoms with E-state index >= 15 is 0 Å². The van der Waals surface area contributed by atoms with E-state index in [1.807, 2.05) is 0 Å². The van der Waals surface area contributed by atoms with Crippen molar-refractivity contribution in [3.63, 3.8) is 0 Å². The van der Waals surface area contributed by atoms with E-state index in [1.165, 1.54) is 39.0 Å². The molecule has 0 radical (unpaired) electrons. The molecule has 2 nitrogen and oxygen atoms in total. The number of benzene rings is 1. The molecule has 0 saturated heterocycles. The first kappa shape index (κ1) is 13.1. The van der Waals surface area contributed by atoms with Gasteiger partial charge in [-0.3, -0.25) is 0 Å². The van der Waals surface area contributed by atoms with Crippen LogP contribution in [0.1, 0.15) is 0 Å². The van der Waals surface area contributed by atoms with Crippen LogP contribution in [0.25, 0.3) is 39.0 Å². The smallest absolute Gasteiger partial charge is 0.154 e. The van der Waals surface area contributed by atoms with Gasteiger partial charge in [-0.1, -0.05) is 0 Å². The second-order valence-electron chi connectivity index (χ2n) is 4.91. The van der Waals surface area contributed by atoms with Gasteiger partial charge < -0.3 is 9.47 Å². The Bertz CT molecular complexity index is 1070. The highest BCUT2D eigenvalue weighted by molar-refractivity contribution is 7.34. The zero-order valence-corrected chi connectivity index (χ0v) is 15.0. The topological polar surface area (TPSA) is 18.5 Å². The predicted octanol–water partition coefficient (Wildman–Crippen LogP) is 6.56. The Morgan fingerprint density at radius 3 is 1.64 bits per heavy atom. The van der Waals surface area contributed by atoms with Gasteiger partial charge in [-0.05, 0) is 22.9 Å². The highest BCUT2D eigenvalue weighted by Gasteiger charge is 2.24. The summed E-state index contributed by atoms with van der Waals surface area (Å²) in [5.74, 6) is 1.99. The maximum absolute atomic E-state index is 5.88. The second kappa shape index (κ2) is 4.58. The summed E-state index contributed by atoms with van der Waals surface area (Å²) in [7, 11) is 3.54. The van der Waals surface area contributed by atoms with E-state index in [2.05, 4.69) is 22.9 Å². The fraction of sp³-hybridized carbons (Fsp3) is 0.125. The molecule has 110 valence electrons. The van der Waals surface area contributed by atoms with Gasteiger partial charge in [-0.2, -0.15) is 0 Å². The third kappa shape index (κ3) is 1.48. The van der Waals surface area contributed by atoms with E-state index in [9.17, 15) is 0 Å². The van der Waals surface area contributed by atoms with Crippen molar-refractivity contribution < 1.29 is 9.47 Å². The second-order valence-corrected chi connectivity index (χ2v) is 8.84. The van der Waals surface area contributed by atoms with E-state index in [0.717, 1.165) is 11.5 Å². The molecule has 4 heterocycles. The van der Waals surface area contributed by atoms with Crippen LogP contribution in [0.4, 0.5) is 0 Å². The first-order chi connectivity index (χ1) is 10.8. The molecule has 0 aliphatic carbocycles. The van der Waals surface area contributed by atoms with E-state index in [4.69, 9.17) is 9.47 Å². The molecule has 0 atom stereocenters. The Labute approximate surface area is 142 Å². The van der Waals surface area contributed by atoms with Gasteiger partial charge in [0.25, 0.3) is 0 Å². The van der Waals surface area contributed by atoms with Crippen LogP contribution in [-0.4, -0.2) is 14.2 Å². The molecule has 0 aliphatic heterocycles. The first-order valence-electron chi connectivity index (χ1n) is 6.66. The maximum Gasteiger partial charge on any atom is 0.154 e. The SMILES string of the molecule is COc1c2sc3ccsc3c2c(OC)c2c1sc1ccsc12. The number of thiophene rings is 4. The molecule has 22 heavy (non-hydrogen) atoms. The molecule has 5 rings (SSSR count). The van der Waals surface area contributed by atoms with Gasteiger partial charge in [0.1, 0.15) is 5.75 Å². The highest BCUT2D eigenvalue weighted by Crippen LogP contribution is 2.55. The fourth-order valence-corrected chi connectivity index (χ4v) is 7.83. The molecule has 0 N–H and O–H groups in total. The summed E-state index contributed by atoms with van der Waals surface area (Å²) in [4.78, 5) is 0. The highest BCUT2D eigenvalue weighted by atomic mass is 32.1. The molecule has 6 heteroatoms. The number of rotatable bonds is 2. The van der Waals surface area contributed by atoms with E-state index in [1.54, 1.807) is 59.6 Å². The summed E-state index contributed by atoms with van der Waals surface area (Å²) < 4.78 is 19.3. The Balaban J connectivity index is 2.17. The monoisotopic (exact) mass is 362 g/mol. The Kier molecular flexibility index (Phi) is 2.73. The number of ether oxygens (including phenoxy) is 2. The first-order valence-corrected chi connectivity index (χ1v) is 10.1. The van der Waals surface area contributed by atoms with Crippen molar-refractivity contribution in [1.29, 1.82) is 0 Å². The van der Waals surface area contributed by atoms with Gasteiger partial charge in [-0.25, -0.2) is 0 Å². The average molecular weight is 363 g/mol. The van der Waals surface area contributed by atoms with Gasteiger partial charge in [0.05, 0.1) is 43.8 Å². The van der Waals surface area contributed by atoms with Crippen LogP contribution in [0, 0.1) is 0 Å². The van der Waals surface area contributed by atoms with E-state index < -0.39 is 0 Å². The molecule has 4 aromatic heterocycles. The minimum absolute atomic E-state index is 0.993. The predicted molar refractivity (Wildman–Crippen MR) is 101 cm³/mol. The molecular formula is C16H10O2S4. The minimum atomic E-state index is 0.993. The molecule has 0 bridgehead atoms. The molecule has 0 spiro atoms. The lowest BCUT2D eigenvalue weighted by Crippen LogP contribution is -1.88. The van der Waals surface area contributed by atoms with Crippen LogP contribution in [-0.2, 0) is 0 Å². The lowest BCUT2D eigenvalue weighted by atomic mass is 10.1. The van der Waals surface area contributed by atoms with E-state index in [0.29, 0.717) is 0 Å². The number of methoxy groups -OCH3 is 2. The van der Waals surface area contributed by atoms with Gasteiger partial charge >= 0.3 is 0 Å². The maximum atomic E-state index is 5.88. The van der Waals surface area contributed by atoms with Crippen LogP contribution in [0.15, 0.2) is 22.9 Å². The molecule has 1 aromatic carbocycles. The molecule has 0 fully saturated rings. The van der Waals surface area contributed by atoms with Crippen LogP contribution in [0.3, 0.4) is 0 Å². The summed E-state index contributed by atoms with van der Waals surface area (Å²) in [6.07, 6.45) is 0. The number of fused-ring (bicyclic) bond motifs is 6. The van der Waals surface area contributed by atoms with Crippen LogP contribution in [0.5, 0.6) is 11.5 Å². The lowest BCUT2D eigenvalue weighted by molar-refractivity contribution is 0.419. The van der Waals surface area contributed by atoms with Gasteiger partial charge in [-0.15, -0.1) is 45.3 Å². The van der Waals surface area contributed by atoms with Gasteiger partial charge in [0.2, 0.25) is 0 Å². The molecule has 0 saturated carbocycles. The van der Waals surface area contributed by atoms with Gasteiger partial charge in [0, 0.05) is 9.40 Å². The van der Waals surface area contributed by atoms with Crippen molar-refractivity contribution in [3.05, 3.63) is 22.9 Å². The van der Waals surface area contributed by atoms with Crippen molar-refractivity contribution in [2.45, 2.75) is 0 Å².